The number of carboxylic acids is 2. The largest absolute Gasteiger partial charge is 0.480 e. The van der Waals surface area contributed by atoms with Crippen LogP contribution in [0.25, 0.3) is 22.3 Å². The highest BCUT2D eigenvalue weighted by molar-refractivity contribution is 5.80. The molecule has 2 aliphatic heterocycles. The van der Waals surface area contributed by atoms with E-state index in [1.807, 2.05) is 48.5 Å². The van der Waals surface area contributed by atoms with E-state index in [2.05, 4.69) is 69.2 Å². The Morgan fingerprint density at radius 2 is 0.864 bits per heavy atom. The van der Waals surface area contributed by atoms with Crippen LogP contribution in [-0.4, -0.2) is 140 Å². The van der Waals surface area contributed by atoms with Gasteiger partial charge in [-0.1, -0.05) is 107 Å². The Kier molecular flexibility index (Phi) is 12.6. The summed E-state index contributed by atoms with van der Waals surface area (Å²) >= 11 is 0. The van der Waals surface area contributed by atoms with Crippen molar-refractivity contribution < 1.29 is 48.3 Å². The van der Waals surface area contributed by atoms with Gasteiger partial charge in [0.1, 0.15) is 26.3 Å². The van der Waals surface area contributed by atoms with Crippen molar-refractivity contribution in [1.82, 2.24) is 39.8 Å². The fourth-order valence-electron chi connectivity index (χ4n) is 9.66. The lowest BCUT2D eigenvalue weighted by atomic mass is 9.98. The molecule has 340 valence electrons. The second kappa shape index (κ2) is 19.0. The molecule has 0 unspecified atom stereocenters. The molecule has 0 spiro atoms. The minimum atomic E-state index is -0.999. The van der Waals surface area contributed by atoms with Crippen LogP contribution in [0.5, 0.6) is 0 Å². The van der Waals surface area contributed by atoms with Gasteiger partial charge in [0.2, 0.25) is 0 Å². The number of rotatable bonds is 12. The molecule has 2 saturated heterocycles. The number of benzene rings is 4. The van der Waals surface area contributed by atoms with Crippen LogP contribution in [0.4, 0.5) is 9.59 Å². The highest BCUT2D eigenvalue weighted by Crippen LogP contribution is 2.46. The lowest BCUT2D eigenvalue weighted by Crippen LogP contribution is -2.31. The average Bonchev–Trinajstić information content (AvgIpc) is 4.20. The number of fused-ring (bicyclic) bond motifs is 6. The number of carbonyl (C=O) groups is 4. The van der Waals surface area contributed by atoms with E-state index in [0.717, 1.165) is 22.3 Å². The number of hydrogen-bond acceptors (Lipinski definition) is 12. The van der Waals surface area contributed by atoms with Crippen molar-refractivity contribution in [2.24, 2.45) is 0 Å². The van der Waals surface area contributed by atoms with E-state index in [1.165, 1.54) is 31.6 Å². The van der Waals surface area contributed by atoms with Crippen molar-refractivity contribution in [2.75, 3.05) is 53.6 Å². The summed E-state index contributed by atoms with van der Waals surface area (Å²) < 4.78 is 25.2. The van der Waals surface area contributed by atoms with Crippen molar-refractivity contribution in [1.29, 1.82) is 0 Å². The smallest absolute Gasteiger partial charge is 0.409 e. The molecule has 2 aliphatic carbocycles. The number of methoxy groups -OCH3 is 2. The van der Waals surface area contributed by atoms with Crippen LogP contribution in [0.3, 0.4) is 0 Å². The summed E-state index contributed by atoms with van der Waals surface area (Å²) in [6.07, 6.45) is 1.82. The van der Waals surface area contributed by atoms with Gasteiger partial charge in [-0.05, 0) is 44.5 Å². The van der Waals surface area contributed by atoms with Gasteiger partial charge in [0, 0.05) is 51.5 Å². The Labute approximate surface area is 379 Å². The van der Waals surface area contributed by atoms with Crippen molar-refractivity contribution in [2.45, 2.75) is 49.0 Å². The number of aromatic nitrogens is 6. The van der Waals surface area contributed by atoms with E-state index in [0.29, 0.717) is 37.6 Å². The number of likely N-dealkylation sites (tertiary alicyclic amines) is 2. The monoisotopic (exact) mass is 896 g/mol. The highest BCUT2D eigenvalue weighted by atomic mass is 16.6. The van der Waals surface area contributed by atoms with Crippen LogP contribution in [-0.2, 0) is 41.6 Å². The molecule has 4 atom stereocenters. The SMILES string of the molecule is CO[C@@H]1CN(C(=O)OCC2c3ccccc3-c3ccccc32)C[C@H]1c1cn(CC(=O)O)nn1.CO[C@H]1CN(C(=O)OCC2c3ccccc3-c3ccccc32)C[C@@H]1c1cn(CC(=O)O)nn1. The molecule has 2 N–H and O–H groups in total. The third-order valence-electron chi connectivity index (χ3n) is 12.8. The Hall–Kier alpha value is -7.44. The Morgan fingerprint density at radius 1 is 0.530 bits per heavy atom. The zero-order valence-corrected chi connectivity index (χ0v) is 36.3. The van der Waals surface area contributed by atoms with E-state index in [1.54, 1.807) is 36.4 Å². The summed E-state index contributed by atoms with van der Waals surface area (Å²) in [7, 11) is 3.17. The number of carboxylic acid groups (broad SMARTS) is 2. The van der Waals surface area contributed by atoms with Gasteiger partial charge in [-0.2, -0.15) is 0 Å². The van der Waals surface area contributed by atoms with Gasteiger partial charge in [0.25, 0.3) is 0 Å². The average molecular weight is 897 g/mol. The van der Waals surface area contributed by atoms with Gasteiger partial charge in [-0.15, -0.1) is 10.2 Å². The summed E-state index contributed by atoms with van der Waals surface area (Å²) in [6, 6.07) is 32.8. The van der Waals surface area contributed by atoms with E-state index >= 15 is 0 Å². The number of amides is 2. The van der Waals surface area contributed by atoms with E-state index < -0.39 is 24.1 Å². The van der Waals surface area contributed by atoms with Crippen LogP contribution in [0.1, 0.15) is 57.3 Å². The molecule has 18 heteroatoms. The molecule has 10 rings (SSSR count). The molecular weight excluding hydrogens is 849 g/mol. The first-order valence-electron chi connectivity index (χ1n) is 21.6. The molecule has 2 aromatic heterocycles. The molecule has 4 heterocycles. The normalized spacial score (nSPS) is 19.4. The summed E-state index contributed by atoms with van der Waals surface area (Å²) in [5, 5.41) is 33.8. The molecule has 2 fully saturated rings. The van der Waals surface area contributed by atoms with Gasteiger partial charge < -0.3 is 39.0 Å². The lowest BCUT2D eigenvalue weighted by molar-refractivity contribution is -0.139. The summed E-state index contributed by atoms with van der Waals surface area (Å²) in [4.78, 5) is 50.9. The van der Waals surface area contributed by atoms with E-state index in [4.69, 9.17) is 29.2 Å². The Bertz CT molecular complexity index is 2480. The summed E-state index contributed by atoms with van der Waals surface area (Å²) in [5.41, 5.74) is 10.6. The highest BCUT2D eigenvalue weighted by Gasteiger charge is 2.41. The molecule has 66 heavy (non-hydrogen) atoms. The Morgan fingerprint density at radius 3 is 1.18 bits per heavy atom. The quantitative estimate of drug-likeness (QED) is 0.156. The molecule has 0 saturated carbocycles. The number of hydrogen-bond donors (Lipinski definition) is 2. The van der Waals surface area contributed by atoms with E-state index in [9.17, 15) is 19.2 Å². The van der Waals surface area contributed by atoms with Crippen LogP contribution < -0.4 is 0 Å². The second-order valence-corrected chi connectivity index (χ2v) is 16.6. The first-order chi connectivity index (χ1) is 32.1. The summed E-state index contributed by atoms with van der Waals surface area (Å²) in [6.45, 7) is 1.41. The van der Waals surface area contributed by atoms with Crippen molar-refractivity contribution in [3.63, 3.8) is 0 Å². The first kappa shape index (κ1) is 43.8. The number of aliphatic carboxylic acids is 2. The molecular formula is C48H48N8O10. The maximum Gasteiger partial charge on any atom is 0.409 e. The minimum absolute atomic E-state index is 0.00566. The molecule has 0 radical (unpaired) electrons. The molecule has 18 nitrogen and oxygen atoms in total. The van der Waals surface area contributed by atoms with Crippen LogP contribution in [0, 0.1) is 0 Å². The molecule has 0 bridgehead atoms. The van der Waals surface area contributed by atoms with Crippen LogP contribution in [0.2, 0.25) is 0 Å². The Balaban J connectivity index is 0.000000166. The third-order valence-corrected chi connectivity index (χ3v) is 12.8. The lowest BCUT2D eigenvalue weighted by Gasteiger charge is -2.19. The number of ether oxygens (including phenoxy) is 4. The topological polar surface area (TPSA) is 214 Å². The fraction of sp³-hybridized carbons (Fsp3) is 0.333. The maximum absolute atomic E-state index is 12.9. The second-order valence-electron chi connectivity index (χ2n) is 16.6. The number of carbonyl (C=O) groups excluding carboxylic acids is 2. The van der Waals surface area contributed by atoms with Crippen molar-refractivity contribution in [3.8, 4) is 22.3 Å². The zero-order chi connectivity index (χ0) is 45.9. The predicted molar refractivity (Wildman–Crippen MR) is 236 cm³/mol. The third kappa shape index (κ3) is 8.84. The predicted octanol–water partition coefficient (Wildman–Crippen LogP) is 5.45. The van der Waals surface area contributed by atoms with Crippen molar-refractivity contribution >= 4 is 24.1 Å². The summed E-state index contributed by atoms with van der Waals surface area (Å²) in [5.74, 6) is -2.43. The zero-order valence-electron chi connectivity index (χ0n) is 36.3. The van der Waals surface area contributed by atoms with Gasteiger partial charge in [0.05, 0.1) is 48.5 Å². The minimum Gasteiger partial charge on any atom is -0.480 e. The van der Waals surface area contributed by atoms with Crippen molar-refractivity contribution in [3.05, 3.63) is 143 Å². The number of nitrogens with zero attached hydrogens (tertiary/aromatic N) is 8. The van der Waals surface area contributed by atoms with Gasteiger partial charge >= 0.3 is 24.1 Å². The van der Waals surface area contributed by atoms with E-state index in [-0.39, 0.29) is 62.2 Å². The van der Waals surface area contributed by atoms with Crippen LogP contribution in [0.15, 0.2) is 109 Å². The van der Waals surface area contributed by atoms with Crippen LogP contribution >= 0.6 is 0 Å². The standard InChI is InChI=1S/2C24H24N4O5/c2*1-32-22-12-27(10-19(22)21-11-28(26-25-21)13-23(29)30)24(31)33-14-20-17-8-4-2-6-15(17)16-7-3-5-9-18(16)20/h2*2-9,11,19-20,22H,10,12-14H2,1H3,(H,29,30)/t2*19-,22+/m10/s1. The molecule has 4 aromatic carbocycles. The molecule has 2 amide bonds. The molecule has 4 aliphatic rings. The fourth-order valence-corrected chi connectivity index (χ4v) is 9.66. The molecule has 6 aromatic rings. The van der Waals surface area contributed by atoms with Gasteiger partial charge in [-0.25, -0.2) is 19.0 Å². The first-order valence-corrected chi connectivity index (χ1v) is 21.6. The maximum atomic E-state index is 12.9. The van der Waals surface area contributed by atoms with Gasteiger partial charge in [-0.3, -0.25) is 9.59 Å². The van der Waals surface area contributed by atoms with Gasteiger partial charge in [0.15, 0.2) is 0 Å².